The van der Waals surface area contributed by atoms with Crippen molar-refractivity contribution in [2.75, 3.05) is 25.1 Å². The second-order valence-electron chi connectivity index (χ2n) is 7.72. The molecule has 29 heavy (non-hydrogen) atoms. The summed E-state index contributed by atoms with van der Waals surface area (Å²) in [5, 5.41) is 9.93. The molecule has 8 heteroatoms. The highest BCUT2D eigenvalue weighted by atomic mass is 16.5. The van der Waals surface area contributed by atoms with Crippen LogP contribution in [0.2, 0.25) is 0 Å². The monoisotopic (exact) mass is 397 g/mol. The van der Waals surface area contributed by atoms with Gasteiger partial charge < -0.3 is 20.3 Å². The van der Waals surface area contributed by atoms with Crippen LogP contribution >= 0.6 is 0 Å². The van der Waals surface area contributed by atoms with E-state index in [1.54, 1.807) is 23.1 Å². The zero-order valence-corrected chi connectivity index (χ0v) is 16.4. The van der Waals surface area contributed by atoms with E-state index < -0.39 is 0 Å². The van der Waals surface area contributed by atoms with Crippen molar-refractivity contribution in [3.63, 3.8) is 0 Å². The summed E-state index contributed by atoms with van der Waals surface area (Å²) >= 11 is 0. The van der Waals surface area contributed by atoms with Gasteiger partial charge in [-0.05, 0) is 43.0 Å². The molecular formula is C21H27N5O3. The summed E-state index contributed by atoms with van der Waals surface area (Å²) in [5.74, 6) is 0.295. The maximum atomic E-state index is 12.7. The molecular weight excluding hydrogens is 370 g/mol. The fourth-order valence-electron chi connectivity index (χ4n) is 3.57. The summed E-state index contributed by atoms with van der Waals surface area (Å²) in [6.07, 6.45) is 6.57. The van der Waals surface area contributed by atoms with E-state index in [1.807, 2.05) is 29.2 Å². The van der Waals surface area contributed by atoms with Gasteiger partial charge in [-0.2, -0.15) is 5.10 Å². The first-order chi connectivity index (χ1) is 14.2. The minimum Gasteiger partial charge on any atom is -0.381 e. The number of benzene rings is 1. The van der Waals surface area contributed by atoms with Gasteiger partial charge in [0.25, 0.3) is 0 Å². The van der Waals surface area contributed by atoms with Crippen molar-refractivity contribution in [3.8, 4) is 0 Å². The van der Waals surface area contributed by atoms with E-state index in [0.29, 0.717) is 24.2 Å². The highest BCUT2D eigenvalue weighted by molar-refractivity contribution is 5.90. The van der Waals surface area contributed by atoms with Crippen molar-refractivity contribution in [1.29, 1.82) is 0 Å². The first-order valence-electron chi connectivity index (χ1n) is 10.2. The van der Waals surface area contributed by atoms with Crippen molar-refractivity contribution in [3.05, 3.63) is 48.3 Å². The zero-order chi connectivity index (χ0) is 20.1. The van der Waals surface area contributed by atoms with Crippen LogP contribution < -0.4 is 10.6 Å². The van der Waals surface area contributed by atoms with Gasteiger partial charge in [-0.3, -0.25) is 9.48 Å². The Labute approximate surface area is 170 Å². The number of nitrogens with zero attached hydrogens (tertiary/aromatic N) is 3. The topological polar surface area (TPSA) is 88.5 Å². The highest BCUT2D eigenvalue weighted by Crippen LogP contribution is 2.29. The van der Waals surface area contributed by atoms with Gasteiger partial charge in [0.15, 0.2) is 0 Å². The van der Waals surface area contributed by atoms with Crippen molar-refractivity contribution < 1.29 is 14.3 Å². The molecule has 2 fully saturated rings. The predicted molar refractivity (Wildman–Crippen MR) is 108 cm³/mol. The lowest BCUT2D eigenvalue weighted by atomic mass is 10.1. The molecule has 154 valence electrons. The predicted octanol–water partition coefficient (Wildman–Crippen LogP) is 2.23. The molecule has 0 bridgehead atoms. The number of carbonyl (C=O) groups excluding carboxylic acids is 2. The molecule has 1 unspecified atom stereocenters. The molecule has 2 heterocycles. The number of nitrogens with one attached hydrogen (secondary N) is 2. The lowest BCUT2D eigenvalue weighted by Gasteiger charge is -2.25. The van der Waals surface area contributed by atoms with Crippen LogP contribution in [0.5, 0.6) is 0 Å². The minimum atomic E-state index is -0.145. The van der Waals surface area contributed by atoms with Gasteiger partial charge in [0.2, 0.25) is 5.91 Å². The molecule has 1 aromatic carbocycles. The number of ether oxygens (including phenoxy) is 1. The van der Waals surface area contributed by atoms with Gasteiger partial charge in [0, 0.05) is 49.7 Å². The van der Waals surface area contributed by atoms with Crippen molar-refractivity contribution in [1.82, 2.24) is 20.0 Å². The Balaban J connectivity index is 1.29. The SMILES string of the molecule is O=C(Cn1cccn1)Nc1cccc(CNC(=O)N(CC2CCOC2)C2CC2)c1. The van der Waals surface area contributed by atoms with E-state index in [1.165, 1.54) is 0 Å². The Morgan fingerprint density at radius 3 is 2.86 bits per heavy atom. The maximum Gasteiger partial charge on any atom is 0.317 e. The second kappa shape index (κ2) is 9.09. The van der Waals surface area contributed by atoms with E-state index in [0.717, 1.165) is 44.6 Å². The third-order valence-electron chi connectivity index (χ3n) is 5.25. The molecule has 3 amide bonds. The number of urea groups is 1. The van der Waals surface area contributed by atoms with Crippen LogP contribution in [-0.2, 0) is 22.6 Å². The van der Waals surface area contributed by atoms with Gasteiger partial charge in [-0.1, -0.05) is 12.1 Å². The summed E-state index contributed by atoms with van der Waals surface area (Å²) in [6, 6.07) is 9.66. The molecule has 1 atom stereocenters. The van der Waals surface area contributed by atoms with Gasteiger partial charge >= 0.3 is 6.03 Å². The molecule has 2 N–H and O–H groups in total. The van der Waals surface area contributed by atoms with Crippen LogP contribution in [-0.4, -0.2) is 52.4 Å². The molecule has 1 saturated carbocycles. The quantitative estimate of drug-likeness (QED) is 0.715. The lowest BCUT2D eigenvalue weighted by Crippen LogP contribution is -2.43. The Morgan fingerprint density at radius 1 is 1.24 bits per heavy atom. The zero-order valence-electron chi connectivity index (χ0n) is 16.4. The minimum absolute atomic E-state index is 0.0208. The van der Waals surface area contributed by atoms with Crippen LogP contribution in [0.25, 0.3) is 0 Å². The van der Waals surface area contributed by atoms with Crippen molar-refractivity contribution in [2.24, 2.45) is 5.92 Å². The third kappa shape index (κ3) is 5.57. The standard InChI is InChI=1S/C21H27N5O3/c27-20(14-25-9-2-8-23-25)24-18-4-1-3-16(11-18)12-22-21(28)26(19-5-6-19)13-17-7-10-29-15-17/h1-4,8-9,11,17,19H,5-7,10,12-15H2,(H,22,28)(H,24,27). The van der Waals surface area contributed by atoms with E-state index in [4.69, 9.17) is 4.74 Å². The summed E-state index contributed by atoms with van der Waals surface area (Å²) in [5.41, 5.74) is 1.64. The number of anilines is 1. The Morgan fingerprint density at radius 2 is 2.14 bits per heavy atom. The van der Waals surface area contributed by atoms with Crippen molar-refractivity contribution in [2.45, 2.75) is 38.4 Å². The van der Waals surface area contributed by atoms with E-state index in [2.05, 4.69) is 15.7 Å². The van der Waals surface area contributed by atoms with Crippen LogP contribution in [0.3, 0.4) is 0 Å². The maximum absolute atomic E-state index is 12.7. The molecule has 8 nitrogen and oxygen atoms in total. The normalized spacial score (nSPS) is 18.4. The van der Waals surface area contributed by atoms with Crippen LogP contribution in [0.15, 0.2) is 42.7 Å². The molecule has 1 saturated heterocycles. The van der Waals surface area contributed by atoms with Crippen LogP contribution in [0.4, 0.5) is 10.5 Å². The number of aromatic nitrogens is 2. The van der Waals surface area contributed by atoms with Gasteiger partial charge in [0.05, 0.1) is 6.61 Å². The molecule has 1 aliphatic carbocycles. The van der Waals surface area contributed by atoms with Crippen molar-refractivity contribution >= 4 is 17.6 Å². The van der Waals surface area contributed by atoms with E-state index in [9.17, 15) is 9.59 Å². The molecule has 0 spiro atoms. The second-order valence-corrected chi connectivity index (χ2v) is 7.72. The number of carbonyl (C=O) groups is 2. The van der Waals surface area contributed by atoms with Crippen LogP contribution in [0.1, 0.15) is 24.8 Å². The summed E-state index contributed by atoms with van der Waals surface area (Å²) in [7, 11) is 0. The molecule has 2 aliphatic rings. The molecule has 1 aliphatic heterocycles. The first kappa shape index (κ1) is 19.4. The summed E-state index contributed by atoms with van der Waals surface area (Å²) < 4.78 is 7.02. The Kier molecular flexibility index (Phi) is 6.09. The smallest absolute Gasteiger partial charge is 0.317 e. The molecule has 4 rings (SSSR count). The van der Waals surface area contributed by atoms with Crippen LogP contribution in [0, 0.1) is 5.92 Å². The lowest BCUT2D eigenvalue weighted by molar-refractivity contribution is -0.116. The third-order valence-corrected chi connectivity index (χ3v) is 5.25. The fourth-order valence-corrected chi connectivity index (χ4v) is 3.57. The molecule has 1 aromatic heterocycles. The fraction of sp³-hybridized carbons (Fsp3) is 0.476. The van der Waals surface area contributed by atoms with Gasteiger partial charge in [0.1, 0.15) is 6.54 Å². The average molecular weight is 397 g/mol. The summed E-state index contributed by atoms with van der Waals surface area (Å²) in [6.45, 7) is 2.89. The van der Waals surface area contributed by atoms with E-state index in [-0.39, 0.29) is 18.5 Å². The largest absolute Gasteiger partial charge is 0.381 e. The highest BCUT2D eigenvalue weighted by Gasteiger charge is 2.34. The molecule has 2 aromatic rings. The Hall–Kier alpha value is -2.87. The number of amides is 3. The molecule has 0 radical (unpaired) electrons. The van der Waals surface area contributed by atoms with Gasteiger partial charge in [-0.15, -0.1) is 0 Å². The Bertz CT molecular complexity index is 829. The number of hydrogen-bond donors (Lipinski definition) is 2. The number of hydrogen-bond acceptors (Lipinski definition) is 4. The average Bonchev–Trinajstić information content (AvgIpc) is 3.18. The van der Waals surface area contributed by atoms with E-state index >= 15 is 0 Å². The summed E-state index contributed by atoms with van der Waals surface area (Å²) in [4.78, 5) is 26.8. The number of rotatable bonds is 8. The first-order valence-corrected chi connectivity index (χ1v) is 10.2. The van der Waals surface area contributed by atoms with Gasteiger partial charge in [-0.25, -0.2) is 4.79 Å².